The van der Waals surface area contributed by atoms with Gasteiger partial charge in [-0.25, -0.2) is 23.1 Å². The Bertz CT molecular complexity index is 1590. The first-order valence-corrected chi connectivity index (χ1v) is 10.2. The minimum Gasteiger partial charge on any atom is -0.436 e. The van der Waals surface area contributed by atoms with Gasteiger partial charge in [-0.3, -0.25) is 4.79 Å². The number of nitrogen functional groups attached to an aromatic ring is 1. The third kappa shape index (κ3) is 4.47. The lowest BCUT2D eigenvalue weighted by molar-refractivity contribution is 0.102. The van der Waals surface area contributed by atoms with Gasteiger partial charge in [0, 0.05) is 35.5 Å². The number of anilines is 2. The summed E-state index contributed by atoms with van der Waals surface area (Å²) >= 11 is 0. The molecule has 11 heteroatoms. The molecule has 0 fully saturated rings. The van der Waals surface area contributed by atoms with Crippen LogP contribution in [-0.4, -0.2) is 25.5 Å². The fraction of sp³-hybridized carbons (Fsp3) is 0. The Morgan fingerprint density at radius 3 is 2.60 bits per heavy atom. The number of carbonyl (C=O) groups is 1. The molecule has 1 amide bonds. The molecular formula is C24H15F3N6O2. The third-order valence-corrected chi connectivity index (χ3v) is 4.94. The van der Waals surface area contributed by atoms with Crippen LogP contribution in [0.3, 0.4) is 0 Å². The number of hydrogen-bond acceptors (Lipinski definition) is 6. The Hall–Kier alpha value is -4.93. The summed E-state index contributed by atoms with van der Waals surface area (Å²) in [6.07, 6.45) is 1.50. The number of nitrogens with two attached hydrogens (primary N) is 1. The number of benzene rings is 2. The van der Waals surface area contributed by atoms with Crippen molar-refractivity contribution in [2.24, 2.45) is 0 Å². The van der Waals surface area contributed by atoms with Crippen LogP contribution in [0.25, 0.3) is 16.9 Å². The Morgan fingerprint density at radius 1 is 0.943 bits per heavy atom. The molecule has 0 aliphatic carbocycles. The number of aromatic nitrogens is 4. The van der Waals surface area contributed by atoms with Crippen molar-refractivity contribution < 1.29 is 22.7 Å². The Labute approximate surface area is 195 Å². The summed E-state index contributed by atoms with van der Waals surface area (Å²) in [6.45, 7) is 0. The van der Waals surface area contributed by atoms with E-state index in [-0.39, 0.29) is 40.1 Å². The second kappa shape index (κ2) is 8.78. The van der Waals surface area contributed by atoms with E-state index < -0.39 is 23.4 Å². The number of rotatable bonds is 5. The van der Waals surface area contributed by atoms with Crippen molar-refractivity contribution in [1.29, 1.82) is 0 Å². The SMILES string of the molecule is Nc1cc(Oc2ccc(NC(=O)c3cccc(-c4ccc(F)cc4F)n3)cc2F)n2nccc2n1. The van der Waals surface area contributed by atoms with E-state index in [0.29, 0.717) is 5.65 Å². The fourth-order valence-electron chi connectivity index (χ4n) is 3.35. The van der Waals surface area contributed by atoms with Crippen molar-refractivity contribution >= 4 is 23.1 Å². The van der Waals surface area contributed by atoms with E-state index in [1.807, 2.05) is 0 Å². The molecule has 8 nitrogen and oxygen atoms in total. The number of amides is 1. The molecule has 35 heavy (non-hydrogen) atoms. The number of halogens is 3. The van der Waals surface area contributed by atoms with Crippen molar-refractivity contribution in [3.05, 3.63) is 96.1 Å². The van der Waals surface area contributed by atoms with Crippen molar-refractivity contribution in [3.8, 4) is 22.9 Å². The normalized spacial score (nSPS) is 10.9. The quantitative estimate of drug-likeness (QED) is 0.376. The number of fused-ring (bicyclic) bond motifs is 1. The highest BCUT2D eigenvalue weighted by molar-refractivity contribution is 6.03. The molecule has 2 aromatic carbocycles. The van der Waals surface area contributed by atoms with Crippen LogP contribution in [0.2, 0.25) is 0 Å². The van der Waals surface area contributed by atoms with E-state index in [9.17, 15) is 18.0 Å². The maximum absolute atomic E-state index is 14.7. The predicted octanol–water partition coefficient (Wildman–Crippen LogP) is 4.84. The van der Waals surface area contributed by atoms with E-state index in [2.05, 4.69) is 20.4 Å². The van der Waals surface area contributed by atoms with Crippen LogP contribution < -0.4 is 15.8 Å². The zero-order chi connectivity index (χ0) is 24.5. The standard InChI is InChI=1S/C24H15F3N6O2/c25-13-4-6-15(16(26)10-13)18-2-1-3-19(31-18)24(34)30-14-5-7-20(17(27)11-14)35-23-12-21(28)32-22-8-9-29-33(22)23/h1-12H,(H2,28,32)(H,30,34). The lowest BCUT2D eigenvalue weighted by Gasteiger charge is -2.11. The monoisotopic (exact) mass is 476 g/mol. The van der Waals surface area contributed by atoms with Gasteiger partial charge in [-0.2, -0.15) is 9.61 Å². The lowest BCUT2D eigenvalue weighted by Crippen LogP contribution is -2.14. The van der Waals surface area contributed by atoms with Gasteiger partial charge in [-0.05, 0) is 36.4 Å². The molecule has 3 aromatic heterocycles. The van der Waals surface area contributed by atoms with Gasteiger partial charge >= 0.3 is 0 Å². The van der Waals surface area contributed by atoms with Crippen LogP contribution in [0, 0.1) is 17.5 Å². The summed E-state index contributed by atoms with van der Waals surface area (Å²) in [5, 5.41) is 6.59. The largest absolute Gasteiger partial charge is 0.436 e. The average Bonchev–Trinajstić information content (AvgIpc) is 3.29. The minimum atomic E-state index is -0.809. The molecule has 174 valence electrons. The van der Waals surface area contributed by atoms with E-state index in [1.54, 1.807) is 6.07 Å². The maximum atomic E-state index is 14.7. The molecule has 0 aliphatic rings. The first kappa shape index (κ1) is 21.9. The lowest BCUT2D eigenvalue weighted by atomic mass is 10.1. The summed E-state index contributed by atoms with van der Waals surface area (Å²) in [7, 11) is 0. The number of ether oxygens (including phenoxy) is 1. The molecule has 3 N–H and O–H groups in total. The first-order valence-electron chi connectivity index (χ1n) is 10.2. The van der Waals surface area contributed by atoms with Gasteiger partial charge in [0.1, 0.15) is 23.1 Å². The molecule has 0 saturated heterocycles. The molecule has 0 spiro atoms. The number of nitrogens with one attached hydrogen (secondary N) is 1. The molecule has 0 aliphatic heterocycles. The number of hydrogen-bond donors (Lipinski definition) is 2. The van der Waals surface area contributed by atoms with Gasteiger partial charge < -0.3 is 15.8 Å². The molecule has 5 rings (SSSR count). The summed E-state index contributed by atoms with van der Waals surface area (Å²) in [5.74, 6) is -2.74. The second-order valence-electron chi connectivity index (χ2n) is 7.35. The summed E-state index contributed by atoms with van der Waals surface area (Å²) in [6, 6.07) is 14.3. The van der Waals surface area contributed by atoms with E-state index in [1.165, 1.54) is 53.2 Å². The molecule has 0 radical (unpaired) electrons. The maximum Gasteiger partial charge on any atom is 0.274 e. The molecule has 3 heterocycles. The molecule has 0 atom stereocenters. The van der Waals surface area contributed by atoms with Gasteiger partial charge in [0.05, 0.1) is 11.9 Å². The molecule has 0 bridgehead atoms. The van der Waals surface area contributed by atoms with Crippen LogP contribution in [0.1, 0.15) is 10.5 Å². The zero-order valence-electron chi connectivity index (χ0n) is 17.7. The van der Waals surface area contributed by atoms with Crippen LogP contribution in [0.15, 0.2) is 72.9 Å². The van der Waals surface area contributed by atoms with Crippen molar-refractivity contribution in [1.82, 2.24) is 19.6 Å². The second-order valence-corrected chi connectivity index (χ2v) is 7.35. The Kier molecular flexibility index (Phi) is 5.49. The van der Waals surface area contributed by atoms with Gasteiger partial charge in [-0.1, -0.05) is 6.07 Å². The smallest absolute Gasteiger partial charge is 0.274 e. The fourth-order valence-corrected chi connectivity index (χ4v) is 3.35. The summed E-state index contributed by atoms with van der Waals surface area (Å²) < 4.78 is 49.0. The van der Waals surface area contributed by atoms with Crippen LogP contribution in [0.4, 0.5) is 24.7 Å². The highest BCUT2D eigenvalue weighted by Crippen LogP contribution is 2.28. The highest BCUT2D eigenvalue weighted by atomic mass is 19.1. The van der Waals surface area contributed by atoms with Crippen LogP contribution in [-0.2, 0) is 0 Å². The molecule has 0 unspecified atom stereocenters. The van der Waals surface area contributed by atoms with E-state index in [4.69, 9.17) is 10.5 Å². The Balaban J connectivity index is 1.35. The molecule has 0 saturated carbocycles. The van der Waals surface area contributed by atoms with E-state index >= 15 is 0 Å². The van der Waals surface area contributed by atoms with Gasteiger partial charge in [0.25, 0.3) is 5.91 Å². The zero-order valence-corrected chi connectivity index (χ0v) is 17.7. The summed E-state index contributed by atoms with van der Waals surface area (Å²) in [5.41, 5.74) is 6.47. The number of pyridine rings is 1. The average molecular weight is 476 g/mol. The third-order valence-electron chi connectivity index (χ3n) is 4.94. The Morgan fingerprint density at radius 2 is 1.80 bits per heavy atom. The predicted molar refractivity (Wildman–Crippen MR) is 121 cm³/mol. The number of carbonyl (C=O) groups excluding carboxylic acids is 1. The van der Waals surface area contributed by atoms with Gasteiger partial charge in [0.2, 0.25) is 5.88 Å². The minimum absolute atomic E-state index is 0.0386. The van der Waals surface area contributed by atoms with Crippen molar-refractivity contribution in [2.45, 2.75) is 0 Å². The highest BCUT2D eigenvalue weighted by Gasteiger charge is 2.15. The molecule has 5 aromatic rings. The summed E-state index contributed by atoms with van der Waals surface area (Å²) in [4.78, 5) is 20.9. The van der Waals surface area contributed by atoms with Crippen molar-refractivity contribution in [3.63, 3.8) is 0 Å². The number of nitrogens with zero attached hydrogens (tertiary/aromatic N) is 4. The van der Waals surface area contributed by atoms with Gasteiger partial charge in [-0.15, -0.1) is 0 Å². The topological polar surface area (TPSA) is 107 Å². The first-order chi connectivity index (χ1) is 16.9. The van der Waals surface area contributed by atoms with E-state index in [0.717, 1.165) is 18.2 Å². The van der Waals surface area contributed by atoms with Crippen LogP contribution >= 0.6 is 0 Å². The van der Waals surface area contributed by atoms with Gasteiger partial charge in [0.15, 0.2) is 17.2 Å². The molecular weight excluding hydrogens is 461 g/mol. The van der Waals surface area contributed by atoms with Crippen molar-refractivity contribution in [2.75, 3.05) is 11.1 Å². The van der Waals surface area contributed by atoms with Crippen LogP contribution in [0.5, 0.6) is 11.6 Å².